The van der Waals surface area contributed by atoms with Crippen LogP contribution < -0.4 is 4.90 Å². The van der Waals surface area contributed by atoms with E-state index in [0.29, 0.717) is 13.1 Å². The van der Waals surface area contributed by atoms with Gasteiger partial charge >= 0.3 is 6.09 Å². The van der Waals surface area contributed by atoms with Gasteiger partial charge in [0.15, 0.2) is 5.65 Å². The first-order valence-electron chi connectivity index (χ1n) is 14.8. The Kier molecular flexibility index (Phi) is 8.72. The largest absolute Gasteiger partial charge is 0.444 e. The third kappa shape index (κ3) is 7.19. The molecule has 6 rings (SSSR count). The number of aromatic amines is 1. The zero-order chi connectivity index (χ0) is 30.1. The molecule has 228 valence electrons. The lowest BCUT2D eigenvalue weighted by molar-refractivity contribution is 0.0139. The summed E-state index contributed by atoms with van der Waals surface area (Å²) >= 11 is 5.48. The van der Waals surface area contributed by atoms with Crippen molar-refractivity contribution in [2.24, 2.45) is 0 Å². The number of imidazole rings is 1. The number of carbonyl (C=O) groups is 1. The standard InChI is InChI=1S/C31H39BrN8O2S/c1-21-34-24(20-43-21)19-38-9-13-39(14-10-38)27-25(32)17-33-29-26(27)35-28(36-29)23-7-5-22(6-8-23)18-37-11-15-40(16-12-37)30(41)42-31(2,3)4/h5-8,17,20H,9-16,18-19H2,1-4H3,(H,33,35,36). The van der Waals surface area contributed by atoms with E-state index in [1.54, 1.807) is 16.2 Å². The second-order valence-electron chi connectivity index (χ2n) is 12.3. The molecule has 4 aromatic rings. The molecule has 5 heterocycles. The zero-order valence-corrected chi connectivity index (χ0v) is 27.7. The van der Waals surface area contributed by atoms with Crippen LogP contribution in [0.25, 0.3) is 22.6 Å². The van der Waals surface area contributed by atoms with E-state index in [2.05, 4.69) is 82.2 Å². The number of amides is 1. The van der Waals surface area contributed by atoms with Crippen molar-refractivity contribution in [3.8, 4) is 11.4 Å². The topological polar surface area (TPSA) is 93.7 Å². The lowest BCUT2D eigenvalue weighted by Crippen LogP contribution is -2.49. The highest BCUT2D eigenvalue weighted by molar-refractivity contribution is 9.10. The van der Waals surface area contributed by atoms with Crippen LogP contribution in [0.3, 0.4) is 0 Å². The van der Waals surface area contributed by atoms with E-state index in [0.717, 1.165) is 95.8 Å². The summed E-state index contributed by atoms with van der Waals surface area (Å²) in [6, 6.07) is 8.57. The molecule has 0 radical (unpaired) electrons. The van der Waals surface area contributed by atoms with Gasteiger partial charge in [-0.2, -0.15) is 0 Å². The Morgan fingerprint density at radius 1 is 0.977 bits per heavy atom. The minimum atomic E-state index is -0.471. The van der Waals surface area contributed by atoms with Gasteiger partial charge in [-0.1, -0.05) is 24.3 Å². The number of benzene rings is 1. The highest BCUT2D eigenvalue weighted by atomic mass is 79.9. The Labute approximate surface area is 265 Å². The highest BCUT2D eigenvalue weighted by Gasteiger charge is 2.26. The predicted molar refractivity (Wildman–Crippen MR) is 174 cm³/mol. The number of aromatic nitrogens is 4. The van der Waals surface area contributed by atoms with E-state index in [1.165, 1.54) is 5.56 Å². The summed E-state index contributed by atoms with van der Waals surface area (Å²) in [5, 5.41) is 3.29. The van der Waals surface area contributed by atoms with Gasteiger partial charge in [-0.3, -0.25) is 9.80 Å². The van der Waals surface area contributed by atoms with Crippen molar-refractivity contribution in [1.82, 2.24) is 34.6 Å². The smallest absolute Gasteiger partial charge is 0.410 e. The van der Waals surface area contributed by atoms with Crippen molar-refractivity contribution >= 4 is 50.2 Å². The second-order valence-corrected chi connectivity index (χ2v) is 14.2. The van der Waals surface area contributed by atoms with E-state index >= 15 is 0 Å². The number of aryl methyl sites for hydroxylation is 1. The van der Waals surface area contributed by atoms with Crippen LogP contribution in [0.15, 0.2) is 40.3 Å². The van der Waals surface area contributed by atoms with Gasteiger partial charge in [0.05, 0.1) is 20.9 Å². The number of rotatable bonds is 6. The van der Waals surface area contributed by atoms with Crippen LogP contribution in [0.1, 0.15) is 37.0 Å². The summed E-state index contributed by atoms with van der Waals surface area (Å²) in [4.78, 5) is 39.1. The predicted octanol–water partition coefficient (Wildman–Crippen LogP) is 5.53. The van der Waals surface area contributed by atoms with Gasteiger partial charge < -0.3 is 19.5 Å². The Bertz CT molecular complexity index is 1560. The number of hydrogen-bond donors (Lipinski definition) is 1. The summed E-state index contributed by atoms with van der Waals surface area (Å²) in [6.07, 6.45) is 1.63. The fourth-order valence-corrected chi connectivity index (χ4v) is 6.80. The van der Waals surface area contributed by atoms with Crippen molar-refractivity contribution in [1.29, 1.82) is 0 Å². The second kappa shape index (κ2) is 12.5. The molecule has 2 saturated heterocycles. The summed E-state index contributed by atoms with van der Waals surface area (Å²) in [7, 11) is 0. The first-order valence-corrected chi connectivity index (χ1v) is 16.5. The molecule has 0 atom stereocenters. The van der Waals surface area contributed by atoms with Crippen LogP contribution in [0.5, 0.6) is 0 Å². The molecule has 0 saturated carbocycles. The lowest BCUT2D eigenvalue weighted by Gasteiger charge is -2.36. The van der Waals surface area contributed by atoms with Gasteiger partial charge in [0.1, 0.15) is 16.9 Å². The molecule has 1 N–H and O–H groups in total. The molecule has 0 aliphatic carbocycles. The van der Waals surface area contributed by atoms with Crippen molar-refractivity contribution < 1.29 is 9.53 Å². The summed E-state index contributed by atoms with van der Waals surface area (Å²) in [5.41, 5.74) is 5.75. The molecule has 10 nitrogen and oxygen atoms in total. The molecule has 1 aromatic carbocycles. The maximum Gasteiger partial charge on any atom is 0.410 e. The quantitative estimate of drug-likeness (QED) is 0.287. The van der Waals surface area contributed by atoms with Gasteiger partial charge in [0, 0.05) is 82.6 Å². The third-order valence-electron chi connectivity index (χ3n) is 7.85. The lowest BCUT2D eigenvalue weighted by atomic mass is 10.1. The monoisotopic (exact) mass is 666 g/mol. The average molecular weight is 668 g/mol. The zero-order valence-electron chi connectivity index (χ0n) is 25.3. The SMILES string of the molecule is Cc1nc(CN2CCN(c3c(Br)cnc4nc(-c5ccc(CN6CCN(C(=O)OC(C)(C)C)CC6)cc5)[nH]c34)CC2)cs1. The molecule has 2 fully saturated rings. The number of pyridine rings is 1. The molecular formula is C31H39BrN8O2S. The van der Waals surface area contributed by atoms with Crippen LogP contribution in [0, 0.1) is 6.92 Å². The molecule has 2 aliphatic heterocycles. The summed E-state index contributed by atoms with van der Waals surface area (Å²) < 4.78 is 6.50. The fourth-order valence-electron chi connectivity index (χ4n) is 5.65. The Morgan fingerprint density at radius 3 is 2.30 bits per heavy atom. The van der Waals surface area contributed by atoms with Crippen LogP contribution in [0.2, 0.25) is 0 Å². The van der Waals surface area contributed by atoms with Gasteiger partial charge in [0.2, 0.25) is 0 Å². The van der Waals surface area contributed by atoms with Crippen molar-refractivity contribution in [3.05, 3.63) is 56.6 Å². The molecule has 2 aliphatic rings. The number of fused-ring (bicyclic) bond motifs is 1. The number of nitrogens with one attached hydrogen (secondary N) is 1. The van der Waals surface area contributed by atoms with Crippen LogP contribution in [-0.2, 0) is 17.8 Å². The summed E-state index contributed by atoms with van der Waals surface area (Å²) in [5.74, 6) is 0.817. The number of anilines is 1. The number of H-pyrrole nitrogens is 1. The van der Waals surface area contributed by atoms with Crippen LogP contribution in [-0.4, -0.2) is 98.7 Å². The number of nitrogens with zero attached hydrogens (tertiary/aromatic N) is 7. The summed E-state index contributed by atoms with van der Waals surface area (Å²) in [6.45, 7) is 16.3. The first kappa shape index (κ1) is 30.0. The van der Waals surface area contributed by atoms with Crippen molar-refractivity contribution in [2.75, 3.05) is 57.3 Å². The van der Waals surface area contributed by atoms with Crippen LogP contribution in [0.4, 0.5) is 10.5 Å². The molecule has 0 unspecified atom stereocenters. The average Bonchev–Trinajstić information content (AvgIpc) is 3.59. The first-order chi connectivity index (χ1) is 20.6. The number of halogens is 1. The van der Waals surface area contributed by atoms with E-state index in [1.807, 2.05) is 27.0 Å². The molecule has 1 amide bonds. The fraction of sp³-hybridized carbons (Fsp3) is 0.484. The number of hydrogen-bond acceptors (Lipinski definition) is 9. The Balaban J connectivity index is 1.08. The maximum absolute atomic E-state index is 12.4. The molecule has 0 spiro atoms. The number of thiazole rings is 1. The molecular weight excluding hydrogens is 628 g/mol. The Morgan fingerprint density at radius 2 is 1.65 bits per heavy atom. The van der Waals surface area contributed by atoms with Gasteiger partial charge in [-0.25, -0.2) is 19.7 Å². The number of carbonyl (C=O) groups excluding carboxylic acids is 1. The molecule has 12 heteroatoms. The Hall–Kier alpha value is -3.06. The molecule has 43 heavy (non-hydrogen) atoms. The minimum Gasteiger partial charge on any atom is -0.444 e. The highest BCUT2D eigenvalue weighted by Crippen LogP contribution is 2.34. The molecule has 3 aromatic heterocycles. The van der Waals surface area contributed by atoms with E-state index in [9.17, 15) is 4.79 Å². The minimum absolute atomic E-state index is 0.226. The van der Waals surface area contributed by atoms with E-state index in [4.69, 9.17) is 9.72 Å². The number of ether oxygens (including phenoxy) is 1. The van der Waals surface area contributed by atoms with Crippen molar-refractivity contribution in [2.45, 2.75) is 46.4 Å². The number of piperazine rings is 2. The van der Waals surface area contributed by atoms with E-state index < -0.39 is 5.60 Å². The van der Waals surface area contributed by atoms with Gasteiger partial charge in [-0.15, -0.1) is 11.3 Å². The maximum atomic E-state index is 12.4. The van der Waals surface area contributed by atoms with Crippen molar-refractivity contribution in [3.63, 3.8) is 0 Å². The normalized spacial score (nSPS) is 17.1. The van der Waals surface area contributed by atoms with Gasteiger partial charge in [-0.05, 0) is 49.2 Å². The van der Waals surface area contributed by atoms with Gasteiger partial charge in [0.25, 0.3) is 0 Å². The van der Waals surface area contributed by atoms with E-state index in [-0.39, 0.29) is 6.09 Å². The molecule has 0 bridgehead atoms. The van der Waals surface area contributed by atoms with Crippen LogP contribution >= 0.6 is 27.3 Å². The third-order valence-corrected chi connectivity index (χ3v) is 9.25.